The third kappa shape index (κ3) is 5.21. The van der Waals surface area contributed by atoms with Crippen LogP contribution in [0.1, 0.15) is 33.1 Å². The number of carbonyl (C=O) groups is 1. The van der Waals surface area contributed by atoms with Crippen LogP contribution in [0.5, 0.6) is 0 Å². The first-order chi connectivity index (χ1) is 7.74. The molecule has 0 aliphatic carbocycles. The maximum absolute atomic E-state index is 11.1. The molecule has 16 heavy (non-hydrogen) atoms. The number of rotatable bonds is 6. The van der Waals surface area contributed by atoms with E-state index < -0.39 is 0 Å². The Morgan fingerprint density at radius 2 is 2.12 bits per heavy atom. The molecule has 1 saturated heterocycles. The van der Waals surface area contributed by atoms with E-state index in [2.05, 4.69) is 12.2 Å². The zero-order valence-corrected chi connectivity index (χ0v) is 11.3. The van der Waals surface area contributed by atoms with Gasteiger partial charge < -0.3 is 10.2 Å². The van der Waals surface area contributed by atoms with Crippen molar-refractivity contribution in [2.75, 3.05) is 31.1 Å². The molecule has 0 saturated carbocycles. The van der Waals surface area contributed by atoms with Crippen molar-refractivity contribution < 1.29 is 4.79 Å². The zero-order chi connectivity index (χ0) is 11.8. The minimum absolute atomic E-state index is 0.220. The molecule has 1 heterocycles. The molecular formula is C12H24N2OS. The summed E-state index contributed by atoms with van der Waals surface area (Å²) in [5, 5.41) is 3.59. The molecule has 1 aliphatic rings. The van der Waals surface area contributed by atoms with E-state index in [4.69, 9.17) is 0 Å². The van der Waals surface area contributed by atoms with Gasteiger partial charge in [-0.1, -0.05) is 6.92 Å². The number of amides is 1. The molecule has 3 nitrogen and oxygen atoms in total. The van der Waals surface area contributed by atoms with Crippen molar-refractivity contribution in [3.8, 4) is 0 Å². The predicted molar refractivity (Wildman–Crippen MR) is 70.9 cm³/mol. The van der Waals surface area contributed by atoms with Crippen molar-refractivity contribution in [1.82, 2.24) is 10.2 Å². The van der Waals surface area contributed by atoms with Gasteiger partial charge in [0.05, 0.1) is 0 Å². The lowest BCUT2D eigenvalue weighted by Gasteiger charge is -2.31. The van der Waals surface area contributed by atoms with Crippen molar-refractivity contribution in [1.29, 1.82) is 0 Å². The Kier molecular flexibility index (Phi) is 6.88. The molecule has 0 atom stereocenters. The van der Waals surface area contributed by atoms with Crippen LogP contribution in [0.4, 0.5) is 0 Å². The van der Waals surface area contributed by atoms with Gasteiger partial charge in [0, 0.05) is 26.1 Å². The second-order valence-electron chi connectivity index (χ2n) is 4.28. The zero-order valence-electron chi connectivity index (χ0n) is 10.5. The van der Waals surface area contributed by atoms with E-state index in [1.165, 1.54) is 17.9 Å². The van der Waals surface area contributed by atoms with Gasteiger partial charge in [0.15, 0.2) is 0 Å². The maximum Gasteiger partial charge on any atom is 0.219 e. The number of hydrogen-bond acceptors (Lipinski definition) is 3. The molecule has 0 spiro atoms. The molecule has 4 heteroatoms. The lowest BCUT2D eigenvalue weighted by Crippen LogP contribution is -2.44. The second-order valence-corrected chi connectivity index (χ2v) is 5.68. The number of likely N-dealkylation sites (tertiary alicyclic amines) is 1. The fraction of sp³-hybridized carbons (Fsp3) is 0.917. The molecule has 0 unspecified atom stereocenters. The number of nitrogens with one attached hydrogen (secondary N) is 1. The summed E-state index contributed by atoms with van der Waals surface area (Å²) < 4.78 is 0. The number of carbonyl (C=O) groups excluding carboxylic acids is 1. The Labute approximate surface area is 103 Å². The largest absolute Gasteiger partial charge is 0.343 e. The highest BCUT2D eigenvalue weighted by Gasteiger charge is 2.19. The molecule has 0 aromatic carbocycles. The molecule has 1 N–H and O–H groups in total. The summed E-state index contributed by atoms with van der Waals surface area (Å²) in [4.78, 5) is 13.1. The fourth-order valence-electron chi connectivity index (χ4n) is 2.02. The van der Waals surface area contributed by atoms with Crippen molar-refractivity contribution >= 4 is 17.7 Å². The van der Waals surface area contributed by atoms with Gasteiger partial charge in [-0.25, -0.2) is 0 Å². The summed E-state index contributed by atoms with van der Waals surface area (Å²) >= 11 is 2.01. The minimum atomic E-state index is 0.220. The average molecular weight is 244 g/mol. The molecule has 94 valence electrons. The van der Waals surface area contributed by atoms with Crippen LogP contribution < -0.4 is 5.32 Å². The summed E-state index contributed by atoms with van der Waals surface area (Å²) in [6.45, 7) is 6.84. The molecule has 0 bridgehead atoms. The van der Waals surface area contributed by atoms with Crippen LogP contribution in [-0.2, 0) is 4.79 Å². The number of thioether (sulfide) groups is 1. The van der Waals surface area contributed by atoms with Gasteiger partial charge >= 0.3 is 0 Å². The molecule has 0 aromatic heterocycles. The Bertz CT molecular complexity index is 203. The highest BCUT2D eigenvalue weighted by atomic mass is 32.2. The third-order valence-corrected chi connectivity index (χ3v) is 4.03. The van der Waals surface area contributed by atoms with Crippen molar-refractivity contribution in [3.63, 3.8) is 0 Å². The van der Waals surface area contributed by atoms with Crippen LogP contribution in [0.15, 0.2) is 0 Å². The molecular weight excluding hydrogens is 220 g/mol. The lowest BCUT2D eigenvalue weighted by atomic mass is 10.1. The Morgan fingerprint density at radius 3 is 2.69 bits per heavy atom. The summed E-state index contributed by atoms with van der Waals surface area (Å²) in [5.74, 6) is 2.70. The van der Waals surface area contributed by atoms with E-state index in [0.29, 0.717) is 6.04 Å². The van der Waals surface area contributed by atoms with Gasteiger partial charge in [0.25, 0.3) is 0 Å². The van der Waals surface area contributed by atoms with Crippen molar-refractivity contribution in [3.05, 3.63) is 0 Å². The van der Waals surface area contributed by atoms with Crippen LogP contribution in [-0.4, -0.2) is 48.0 Å². The fourth-order valence-corrected chi connectivity index (χ4v) is 2.66. The van der Waals surface area contributed by atoms with Gasteiger partial charge in [-0.05, 0) is 37.3 Å². The summed E-state index contributed by atoms with van der Waals surface area (Å²) in [6, 6.07) is 0.627. The van der Waals surface area contributed by atoms with E-state index in [1.54, 1.807) is 6.92 Å². The van der Waals surface area contributed by atoms with Crippen LogP contribution in [0.3, 0.4) is 0 Å². The smallest absolute Gasteiger partial charge is 0.219 e. The molecule has 1 aliphatic heterocycles. The number of piperidine rings is 1. The lowest BCUT2D eigenvalue weighted by molar-refractivity contribution is -0.129. The quantitative estimate of drug-likeness (QED) is 0.722. The molecule has 1 rings (SSSR count). The standard InChI is InChI=1S/C12H24N2OS/c1-3-16-10-4-7-13-12-5-8-14(9-6-12)11(2)15/h12-13H,3-10H2,1-2H3. The molecule has 1 fully saturated rings. The predicted octanol–water partition coefficient (Wildman–Crippen LogP) is 1.73. The van der Waals surface area contributed by atoms with Gasteiger partial charge in [-0.15, -0.1) is 0 Å². The first kappa shape index (κ1) is 13.8. The highest BCUT2D eigenvalue weighted by molar-refractivity contribution is 7.99. The van der Waals surface area contributed by atoms with E-state index in [0.717, 1.165) is 32.5 Å². The number of hydrogen-bond donors (Lipinski definition) is 1. The van der Waals surface area contributed by atoms with Gasteiger partial charge in [0.1, 0.15) is 0 Å². The molecule has 0 aromatic rings. The van der Waals surface area contributed by atoms with Crippen molar-refractivity contribution in [2.45, 2.75) is 39.2 Å². The molecule has 1 amide bonds. The van der Waals surface area contributed by atoms with Crippen LogP contribution in [0.2, 0.25) is 0 Å². The number of nitrogens with zero attached hydrogens (tertiary/aromatic N) is 1. The van der Waals surface area contributed by atoms with Gasteiger partial charge in [-0.3, -0.25) is 4.79 Å². The molecule has 0 radical (unpaired) electrons. The van der Waals surface area contributed by atoms with Gasteiger partial charge in [-0.2, -0.15) is 11.8 Å². The van der Waals surface area contributed by atoms with E-state index in [9.17, 15) is 4.79 Å². The van der Waals surface area contributed by atoms with Crippen LogP contribution in [0, 0.1) is 0 Å². The maximum atomic E-state index is 11.1. The van der Waals surface area contributed by atoms with Crippen LogP contribution >= 0.6 is 11.8 Å². The Morgan fingerprint density at radius 1 is 1.44 bits per heavy atom. The first-order valence-electron chi connectivity index (χ1n) is 6.30. The normalized spacial score (nSPS) is 17.8. The minimum Gasteiger partial charge on any atom is -0.343 e. The summed E-state index contributed by atoms with van der Waals surface area (Å²) in [5.41, 5.74) is 0. The Balaban J connectivity index is 2.02. The van der Waals surface area contributed by atoms with E-state index >= 15 is 0 Å². The SMILES string of the molecule is CCSCCCNC1CCN(C(C)=O)CC1. The van der Waals surface area contributed by atoms with E-state index in [1.807, 2.05) is 16.7 Å². The van der Waals surface area contributed by atoms with Gasteiger partial charge in [0.2, 0.25) is 5.91 Å². The van der Waals surface area contributed by atoms with Crippen LogP contribution in [0.25, 0.3) is 0 Å². The van der Waals surface area contributed by atoms with Crippen molar-refractivity contribution in [2.24, 2.45) is 0 Å². The second kappa shape index (κ2) is 7.96. The summed E-state index contributed by atoms with van der Waals surface area (Å²) in [7, 11) is 0. The first-order valence-corrected chi connectivity index (χ1v) is 7.46. The summed E-state index contributed by atoms with van der Waals surface area (Å²) in [6.07, 6.45) is 3.48. The third-order valence-electron chi connectivity index (χ3n) is 3.04. The topological polar surface area (TPSA) is 32.3 Å². The monoisotopic (exact) mass is 244 g/mol. The van der Waals surface area contributed by atoms with E-state index in [-0.39, 0.29) is 5.91 Å². The Hall–Kier alpha value is -0.220. The highest BCUT2D eigenvalue weighted by Crippen LogP contribution is 2.10. The average Bonchev–Trinajstić information content (AvgIpc) is 2.29.